The third-order valence-corrected chi connectivity index (χ3v) is 1.06. The third-order valence-electron chi connectivity index (χ3n) is 1.06. The zero-order chi connectivity index (χ0) is 7.82. The van der Waals surface area contributed by atoms with E-state index in [9.17, 15) is 4.79 Å². The van der Waals surface area contributed by atoms with E-state index < -0.39 is 0 Å². The second kappa shape index (κ2) is 5.78. The lowest BCUT2D eigenvalue weighted by Gasteiger charge is -1.91. The van der Waals surface area contributed by atoms with Gasteiger partial charge >= 0.3 is 0 Å². The van der Waals surface area contributed by atoms with Gasteiger partial charge in [-0.3, -0.25) is 0 Å². The number of nitriles is 1. The van der Waals surface area contributed by atoms with E-state index in [0.29, 0.717) is 6.42 Å². The Bertz CT molecular complexity index is 194. The molecule has 0 rings (SSSR count). The summed E-state index contributed by atoms with van der Waals surface area (Å²) in [6.45, 7) is 0. The van der Waals surface area contributed by atoms with E-state index in [4.69, 9.17) is 5.26 Å². The minimum Gasteiger partial charge on any atom is -0.303 e. The molecule has 52 valence electrons. The lowest BCUT2D eigenvalue weighted by Crippen LogP contribution is -1.98. The number of carbonyl (C=O) groups excluding carboxylic acids is 1. The summed E-state index contributed by atoms with van der Waals surface area (Å²) in [5, 5.41) is 8.20. The van der Waals surface area contributed by atoms with Crippen LogP contribution in [0.2, 0.25) is 0 Å². The SMILES string of the molecule is C[N+]#CCC(C=O)CC#N. The Morgan fingerprint density at radius 2 is 2.40 bits per heavy atom. The summed E-state index contributed by atoms with van der Waals surface area (Å²) in [7, 11) is 1.59. The Kier molecular flexibility index (Phi) is 5.00. The molecular weight excluding hydrogens is 128 g/mol. The van der Waals surface area contributed by atoms with E-state index in [1.807, 2.05) is 6.07 Å². The van der Waals surface area contributed by atoms with Crippen molar-refractivity contribution in [1.29, 1.82) is 5.26 Å². The molecule has 0 aromatic rings. The lowest BCUT2D eigenvalue weighted by molar-refractivity contribution is -0.110. The van der Waals surface area contributed by atoms with E-state index in [1.165, 1.54) is 0 Å². The van der Waals surface area contributed by atoms with Crippen LogP contribution in [0.25, 0.3) is 4.85 Å². The Hall–Kier alpha value is -1.35. The van der Waals surface area contributed by atoms with Crippen LogP contribution < -0.4 is 0 Å². The summed E-state index contributed by atoms with van der Waals surface area (Å²) in [5.74, 6) is -0.228. The monoisotopic (exact) mass is 137 g/mol. The maximum Gasteiger partial charge on any atom is 0.273 e. The van der Waals surface area contributed by atoms with Gasteiger partial charge in [0.25, 0.3) is 13.1 Å². The van der Waals surface area contributed by atoms with Gasteiger partial charge in [0.2, 0.25) is 0 Å². The van der Waals surface area contributed by atoms with Crippen LogP contribution in [0.5, 0.6) is 0 Å². The zero-order valence-corrected chi connectivity index (χ0v) is 5.87. The summed E-state index contributed by atoms with van der Waals surface area (Å²) in [4.78, 5) is 13.8. The molecule has 1 unspecified atom stereocenters. The van der Waals surface area contributed by atoms with Crippen LogP contribution >= 0.6 is 0 Å². The molecule has 0 amide bonds. The molecule has 0 aliphatic heterocycles. The third kappa shape index (κ3) is 3.63. The second-order valence-corrected chi connectivity index (χ2v) is 1.84. The average Bonchev–Trinajstić information content (AvgIpc) is 1.98. The average molecular weight is 137 g/mol. The number of aldehydes is 1. The molecule has 0 radical (unpaired) electrons. The molecule has 0 aliphatic rings. The van der Waals surface area contributed by atoms with Crippen molar-refractivity contribution in [2.24, 2.45) is 5.92 Å². The van der Waals surface area contributed by atoms with Crippen molar-refractivity contribution < 1.29 is 4.79 Å². The molecule has 0 spiro atoms. The highest BCUT2D eigenvalue weighted by Gasteiger charge is 2.06. The summed E-state index contributed by atoms with van der Waals surface area (Å²) in [5.41, 5.74) is 0. The molecule has 3 nitrogen and oxygen atoms in total. The molecule has 0 fully saturated rings. The molecular formula is C7H9N2O+. The normalized spacial score (nSPS) is 10.4. The molecule has 0 aromatic heterocycles. The molecule has 0 saturated heterocycles. The first kappa shape index (κ1) is 8.65. The van der Waals surface area contributed by atoms with E-state index in [-0.39, 0.29) is 12.3 Å². The maximum atomic E-state index is 10.2. The van der Waals surface area contributed by atoms with Crippen LogP contribution in [0.15, 0.2) is 0 Å². The van der Waals surface area contributed by atoms with Crippen molar-refractivity contribution in [3.63, 3.8) is 0 Å². The number of hydrogen-bond donors (Lipinski definition) is 0. The van der Waals surface area contributed by atoms with Gasteiger partial charge in [-0.05, 0) is 0 Å². The predicted octanol–water partition coefficient (Wildman–Crippen LogP) is 1.07. The van der Waals surface area contributed by atoms with E-state index >= 15 is 0 Å². The van der Waals surface area contributed by atoms with Crippen molar-refractivity contribution in [3.8, 4) is 12.1 Å². The van der Waals surface area contributed by atoms with Gasteiger partial charge in [-0.15, -0.1) is 0 Å². The van der Waals surface area contributed by atoms with Gasteiger partial charge in [0.15, 0.2) is 0 Å². The highest BCUT2D eigenvalue weighted by atomic mass is 16.1. The first-order valence-electron chi connectivity index (χ1n) is 2.99. The topological polar surface area (TPSA) is 45.2 Å². The number of rotatable bonds is 3. The molecule has 10 heavy (non-hydrogen) atoms. The first-order valence-corrected chi connectivity index (χ1v) is 2.99. The fraction of sp³-hybridized carbons (Fsp3) is 0.571. The highest BCUT2D eigenvalue weighted by molar-refractivity contribution is 5.54. The number of carbonyl (C=O) groups is 1. The summed E-state index contributed by atoms with van der Waals surface area (Å²) < 4.78 is 0. The van der Waals surface area contributed by atoms with Crippen molar-refractivity contribution in [1.82, 2.24) is 0 Å². The summed E-state index contributed by atoms with van der Waals surface area (Å²) >= 11 is 0. The van der Waals surface area contributed by atoms with Crippen LogP contribution in [0, 0.1) is 23.3 Å². The lowest BCUT2D eigenvalue weighted by atomic mass is 10.1. The summed E-state index contributed by atoms with van der Waals surface area (Å²) in [6, 6.07) is 4.54. The Labute approximate surface area is 60.1 Å². The first-order chi connectivity index (χ1) is 4.85. The smallest absolute Gasteiger partial charge is 0.273 e. The standard InChI is InChI=1S/C7H9N2O/c1-9-5-3-7(6-10)2-4-8/h6-7H,2-3H2,1H3/q+1. The Morgan fingerprint density at radius 1 is 1.70 bits per heavy atom. The van der Waals surface area contributed by atoms with Gasteiger partial charge in [-0.1, -0.05) is 4.85 Å². The van der Waals surface area contributed by atoms with Gasteiger partial charge in [0, 0.05) is 12.3 Å². The minimum atomic E-state index is -0.228. The van der Waals surface area contributed by atoms with Gasteiger partial charge in [0.05, 0.1) is 12.5 Å². The molecule has 0 saturated carbocycles. The maximum absolute atomic E-state index is 10.2. The fourth-order valence-corrected chi connectivity index (χ4v) is 0.494. The minimum absolute atomic E-state index is 0.228. The molecule has 3 heteroatoms. The number of hydrogen-bond acceptors (Lipinski definition) is 2. The van der Waals surface area contributed by atoms with Gasteiger partial charge in [0.1, 0.15) is 6.29 Å². The van der Waals surface area contributed by atoms with E-state index in [1.54, 1.807) is 7.05 Å². The molecule has 0 aromatic carbocycles. The van der Waals surface area contributed by atoms with Crippen LogP contribution in [0.3, 0.4) is 0 Å². The molecule has 0 N–H and O–H groups in total. The van der Waals surface area contributed by atoms with E-state index in [0.717, 1.165) is 6.29 Å². The highest BCUT2D eigenvalue weighted by Crippen LogP contribution is 2.02. The quantitative estimate of drug-likeness (QED) is 0.546. The van der Waals surface area contributed by atoms with Crippen LogP contribution in [-0.2, 0) is 4.79 Å². The second-order valence-electron chi connectivity index (χ2n) is 1.84. The number of nitrogens with zero attached hydrogens (tertiary/aromatic N) is 2. The summed E-state index contributed by atoms with van der Waals surface area (Å²) in [6.07, 6.45) is 1.47. The molecule has 0 aliphatic carbocycles. The van der Waals surface area contributed by atoms with Crippen molar-refractivity contribution in [2.75, 3.05) is 7.05 Å². The van der Waals surface area contributed by atoms with Crippen LogP contribution in [0.1, 0.15) is 12.8 Å². The van der Waals surface area contributed by atoms with Crippen LogP contribution in [0.4, 0.5) is 0 Å². The predicted molar refractivity (Wildman–Crippen MR) is 37.6 cm³/mol. The Balaban J connectivity index is 3.69. The van der Waals surface area contributed by atoms with Crippen molar-refractivity contribution in [2.45, 2.75) is 12.8 Å². The Morgan fingerprint density at radius 3 is 2.80 bits per heavy atom. The van der Waals surface area contributed by atoms with Crippen molar-refractivity contribution >= 4 is 6.29 Å². The fourth-order valence-electron chi connectivity index (χ4n) is 0.494. The van der Waals surface area contributed by atoms with Gasteiger partial charge < -0.3 is 4.79 Å². The van der Waals surface area contributed by atoms with Crippen LogP contribution in [-0.4, -0.2) is 13.3 Å². The molecule has 1 atom stereocenters. The molecule has 0 bridgehead atoms. The van der Waals surface area contributed by atoms with Gasteiger partial charge in [-0.25, -0.2) is 0 Å². The van der Waals surface area contributed by atoms with Crippen molar-refractivity contribution in [3.05, 3.63) is 4.85 Å². The largest absolute Gasteiger partial charge is 0.303 e. The van der Waals surface area contributed by atoms with E-state index in [2.05, 4.69) is 10.9 Å². The van der Waals surface area contributed by atoms with Gasteiger partial charge in [-0.2, -0.15) is 5.26 Å². The zero-order valence-electron chi connectivity index (χ0n) is 5.87. The molecule has 0 heterocycles.